The number of ether oxygens (including phenoxy) is 1. The summed E-state index contributed by atoms with van der Waals surface area (Å²) in [6.45, 7) is 2.59. The first-order valence-corrected chi connectivity index (χ1v) is 5.78. The number of carbonyl (C=O) groups is 1. The summed E-state index contributed by atoms with van der Waals surface area (Å²) in [6, 6.07) is 7.06. The van der Waals surface area contributed by atoms with Gasteiger partial charge in [0.05, 0.1) is 0 Å². The maximum absolute atomic E-state index is 10.4. The third-order valence-electron chi connectivity index (χ3n) is 1.91. The van der Waals surface area contributed by atoms with Gasteiger partial charge in [0.15, 0.2) is 0 Å². The molecule has 0 saturated heterocycles. The molecule has 0 aliphatic rings. The average Bonchev–Trinajstić information content (AvgIpc) is 2.29. The van der Waals surface area contributed by atoms with E-state index in [1.165, 1.54) is 5.57 Å². The molecule has 0 spiro atoms. The SMILES string of the molecule is C/C(=C\COc1ccc(C=O)cc1)CBr. The van der Waals surface area contributed by atoms with Crippen LogP contribution in [0, 0.1) is 0 Å². The molecule has 0 bridgehead atoms. The van der Waals surface area contributed by atoms with Crippen molar-refractivity contribution in [3.8, 4) is 5.75 Å². The van der Waals surface area contributed by atoms with E-state index in [4.69, 9.17) is 4.74 Å². The summed E-state index contributed by atoms with van der Waals surface area (Å²) in [5, 5.41) is 0.862. The minimum absolute atomic E-state index is 0.553. The van der Waals surface area contributed by atoms with Crippen molar-refractivity contribution in [2.45, 2.75) is 6.92 Å². The van der Waals surface area contributed by atoms with Crippen molar-refractivity contribution in [1.29, 1.82) is 0 Å². The van der Waals surface area contributed by atoms with Gasteiger partial charge in [-0.2, -0.15) is 0 Å². The molecule has 15 heavy (non-hydrogen) atoms. The molecule has 0 aliphatic carbocycles. The van der Waals surface area contributed by atoms with Crippen molar-refractivity contribution in [3.63, 3.8) is 0 Å². The Hall–Kier alpha value is -1.09. The summed E-state index contributed by atoms with van der Waals surface area (Å²) in [5.74, 6) is 0.777. The van der Waals surface area contributed by atoms with Gasteiger partial charge in [-0.25, -0.2) is 0 Å². The van der Waals surface area contributed by atoms with Crippen molar-refractivity contribution in [1.82, 2.24) is 0 Å². The van der Waals surface area contributed by atoms with E-state index in [1.54, 1.807) is 24.3 Å². The second-order valence-electron chi connectivity index (χ2n) is 3.18. The summed E-state index contributed by atoms with van der Waals surface area (Å²) in [5.41, 5.74) is 1.90. The minimum Gasteiger partial charge on any atom is -0.490 e. The Morgan fingerprint density at radius 1 is 1.40 bits per heavy atom. The number of rotatable bonds is 5. The maximum Gasteiger partial charge on any atom is 0.150 e. The van der Waals surface area contributed by atoms with Crippen LogP contribution in [0.25, 0.3) is 0 Å². The van der Waals surface area contributed by atoms with Gasteiger partial charge in [0.1, 0.15) is 18.6 Å². The molecular formula is C12H13BrO2. The Kier molecular flexibility index (Phi) is 5.12. The number of carbonyl (C=O) groups excluding carboxylic acids is 1. The number of allylic oxidation sites excluding steroid dienone is 1. The van der Waals surface area contributed by atoms with E-state index in [9.17, 15) is 4.79 Å². The highest BCUT2D eigenvalue weighted by Gasteiger charge is 1.93. The lowest BCUT2D eigenvalue weighted by molar-refractivity contribution is 0.112. The van der Waals surface area contributed by atoms with Gasteiger partial charge in [-0.15, -0.1) is 0 Å². The van der Waals surface area contributed by atoms with Crippen LogP contribution in [0.2, 0.25) is 0 Å². The Balaban J connectivity index is 2.48. The Bertz CT molecular complexity index is 341. The molecule has 0 heterocycles. The topological polar surface area (TPSA) is 26.3 Å². The Labute approximate surface area is 98.1 Å². The van der Waals surface area contributed by atoms with E-state index in [0.29, 0.717) is 12.2 Å². The summed E-state index contributed by atoms with van der Waals surface area (Å²) < 4.78 is 5.46. The number of alkyl halides is 1. The molecule has 0 unspecified atom stereocenters. The third-order valence-corrected chi connectivity index (χ3v) is 2.79. The van der Waals surface area contributed by atoms with Crippen LogP contribution in [0.4, 0.5) is 0 Å². The molecule has 0 saturated carbocycles. The second kappa shape index (κ2) is 6.40. The average molecular weight is 269 g/mol. The van der Waals surface area contributed by atoms with E-state index in [-0.39, 0.29) is 0 Å². The van der Waals surface area contributed by atoms with Gasteiger partial charge in [-0.3, -0.25) is 4.79 Å². The number of hydrogen-bond acceptors (Lipinski definition) is 2. The summed E-state index contributed by atoms with van der Waals surface area (Å²) in [4.78, 5) is 10.4. The lowest BCUT2D eigenvalue weighted by Gasteiger charge is -2.03. The number of benzene rings is 1. The van der Waals surface area contributed by atoms with Gasteiger partial charge >= 0.3 is 0 Å². The molecule has 0 aliphatic heterocycles. The summed E-state index contributed by atoms with van der Waals surface area (Å²) >= 11 is 3.36. The molecule has 80 valence electrons. The summed E-state index contributed by atoms with van der Waals surface area (Å²) in [6.07, 6.45) is 2.83. The van der Waals surface area contributed by atoms with E-state index in [0.717, 1.165) is 17.4 Å². The highest BCUT2D eigenvalue weighted by molar-refractivity contribution is 9.09. The summed E-state index contributed by atoms with van der Waals surface area (Å²) in [7, 11) is 0. The standard InChI is InChI=1S/C12H13BrO2/c1-10(8-13)6-7-15-12-4-2-11(9-14)3-5-12/h2-6,9H,7-8H2,1H3/b10-6+. The van der Waals surface area contributed by atoms with Crippen LogP contribution >= 0.6 is 15.9 Å². The normalized spacial score (nSPS) is 11.2. The van der Waals surface area contributed by atoms with Crippen LogP contribution in [0.3, 0.4) is 0 Å². The van der Waals surface area contributed by atoms with Gasteiger partial charge in [0.2, 0.25) is 0 Å². The monoisotopic (exact) mass is 268 g/mol. The number of hydrogen-bond donors (Lipinski definition) is 0. The molecule has 0 radical (unpaired) electrons. The quantitative estimate of drug-likeness (QED) is 0.466. The molecule has 0 aromatic heterocycles. The maximum atomic E-state index is 10.4. The fourth-order valence-corrected chi connectivity index (χ4v) is 1.21. The number of halogens is 1. The van der Waals surface area contributed by atoms with E-state index in [1.807, 2.05) is 13.0 Å². The van der Waals surface area contributed by atoms with Gasteiger partial charge in [-0.1, -0.05) is 21.5 Å². The largest absolute Gasteiger partial charge is 0.490 e. The highest BCUT2D eigenvalue weighted by atomic mass is 79.9. The second-order valence-corrected chi connectivity index (χ2v) is 3.74. The molecule has 1 aromatic carbocycles. The van der Waals surface area contributed by atoms with E-state index < -0.39 is 0 Å². The fourth-order valence-electron chi connectivity index (χ4n) is 0.977. The van der Waals surface area contributed by atoms with Crippen molar-refractivity contribution in [3.05, 3.63) is 41.5 Å². The zero-order valence-electron chi connectivity index (χ0n) is 8.57. The minimum atomic E-state index is 0.553. The predicted octanol–water partition coefficient (Wildman–Crippen LogP) is 3.22. The molecule has 1 aromatic rings. The first-order valence-electron chi connectivity index (χ1n) is 4.66. The molecule has 0 atom stereocenters. The lowest BCUT2D eigenvalue weighted by Crippen LogP contribution is -1.95. The predicted molar refractivity (Wildman–Crippen MR) is 64.9 cm³/mol. The van der Waals surface area contributed by atoms with Gasteiger partial charge in [-0.05, 0) is 37.3 Å². The first-order chi connectivity index (χ1) is 7.26. The van der Waals surface area contributed by atoms with Crippen LogP contribution < -0.4 is 4.74 Å². The van der Waals surface area contributed by atoms with Crippen LogP contribution in [0.5, 0.6) is 5.75 Å². The molecule has 2 nitrogen and oxygen atoms in total. The smallest absolute Gasteiger partial charge is 0.150 e. The molecular weight excluding hydrogens is 256 g/mol. The van der Waals surface area contributed by atoms with Gasteiger partial charge in [0.25, 0.3) is 0 Å². The van der Waals surface area contributed by atoms with Crippen LogP contribution in [-0.2, 0) is 0 Å². The van der Waals surface area contributed by atoms with Crippen molar-refractivity contribution < 1.29 is 9.53 Å². The first kappa shape index (κ1) is 12.0. The van der Waals surface area contributed by atoms with Crippen molar-refractivity contribution in [2.75, 3.05) is 11.9 Å². The molecule has 0 N–H and O–H groups in total. The van der Waals surface area contributed by atoms with Crippen molar-refractivity contribution in [2.24, 2.45) is 0 Å². The van der Waals surface area contributed by atoms with Crippen molar-refractivity contribution >= 4 is 22.2 Å². The van der Waals surface area contributed by atoms with E-state index >= 15 is 0 Å². The highest BCUT2D eigenvalue weighted by Crippen LogP contribution is 2.11. The van der Waals surface area contributed by atoms with E-state index in [2.05, 4.69) is 15.9 Å². The Morgan fingerprint density at radius 3 is 2.60 bits per heavy atom. The molecule has 0 amide bonds. The number of aldehydes is 1. The third kappa shape index (κ3) is 4.30. The lowest BCUT2D eigenvalue weighted by atomic mass is 10.2. The van der Waals surface area contributed by atoms with Crippen LogP contribution in [0.1, 0.15) is 17.3 Å². The van der Waals surface area contributed by atoms with Crippen LogP contribution in [0.15, 0.2) is 35.9 Å². The fraction of sp³-hybridized carbons (Fsp3) is 0.250. The van der Waals surface area contributed by atoms with Gasteiger partial charge in [0, 0.05) is 10.9 Å². The molecule has 0 fully saturated rings. The molecule has 3 heteroatoms. The Morgan fingerprint density at radius 2 is 2.07 bits per heavy atom. The van der Waals surface area contributed by atoms with Gasteiger partial charge < -0.3 is 4.74 Å². The zero-order valence-corrected chi connectivity index (χ0v) is 10.2. The van der Waals surface area contributed by atoms with Crippen LogP contribution in [-0.4, -0.2) is 18.2 Å². The zero-order chi connectivity index (χ0) is 11.1. The molecule has 1 rings (SSSR count).